The molecular weight excluding hydrogens is 1880 g/mol. The largest absolute Gasteiger partial charge is 0.479 e. The molecule has 25 atom stereocenters. The van der Waals surface area contributed by atoms with Gasteiger partial charge in [-0.1, -0.05) is 0 Å². The minimum absolute atomic E-state index is 0.000237. The lowest BCUT2D eigenvalue weighted by molar-refractivity contribution is -0.383. The van der Waals surface area contributed by atoms with E-state index in [-0.39, 0.29) is 39.6 Å². The Labute approximate surface area is 660 Å². The fourth-order valence-electron chi connectivity index (χ4n) is 11.0. The van der Waals surface area contributed by atoms with Gasteiger partial charge in [0.15, 0.2) is 74.2 Å². The Kier molecular flexibility index (Phi) is 38.1. The van der Waals surface area contributed by atoms with E-state index in [9.17, 15) is 162 Å². The van der Waals surface area contributed by atoms with E-state index in [1.165, 1.54) is 0 Å². The average molecular weight is 1950 g/mol. The smallest absolute Gasteiger partial charge is 0.397 e. The van der Waals surface area contributed by atoms with Crippen LogP contribution in [0, 0.1) is 0 Å². The van der Waals surface area contributed by atoms with E-state index in [0.29, 0.717) is 21.3 Å². The van der Waals surface area contributed by atoms with Crippen LogP contribution < -0.4 is 5.73 Å². The van der Waals surface area contributed by atoms with Gasteiger partial charge in [-0.15, -0.1) is 0 Å². The van der Waals surface area contributed by atoms with Crippen LogP contribution in [0.15, 0.2) is 0 Å². The van der Waals surface area contributed by atoms with Gasteiger partial charge in [-0.25, -0.2) is 55.6 Å². The molecule has 5 fully saturated rings. The van der Waals surface area contributed by atoms with Crippen molar-refractivity contribution in [2.45, 2.75) is 154 Å². The molecule has 0 amide bonds. The number of hydrogen-bond donors (Lipinski definition) is 14. The second-order valence-electron chi connectivity index (χ2n) is 22.7. The van der Waals surface area contributed by atoms with Gasteiger partial charge in [0.1, 0.15) is 79.4 Å². The van der Waals surface area contributed by atoms with Gasteiger partial charge in [0, 0.05) is 27.9 Å². The molecule has 5 rings (SSSR count). The molecule has 690 valence electrons. The molecule has 0 radical (unpaired) electrons. The molecule has 5 aliphatic heterocycles. The third kappa shape index (κ3) is 35.4. The van der Waals surface area contributed by atoms with Crippen LogP contribution in [0.4, 0.5) is 0 Å². The minimum atomic E-state index is -6.63. The molecule has 0 bridgehead atoms. The number of nitrogens with two attached hydrogens (primary N) is 1. The third-order valence-corrected chi connectivity index (χ3v) is 19.8. The molecule has 76 heteroatoms. The van der Waals surface area contributed by atoms with Crippen molar-refractivity contribution in [1.82, 2.24) is 0 Å². The maximum atomic E-state index is 13.5. The van der Waals surface area contributed by atoms with E-state index < -0.39 is 313 Å². The van der Waals surface area contributed by atoms with E-state index in [2.05, 4.69) is 46.0 Å². The quantitative estimate of drug-likeness (QED) is 0.0199. The van der Waals surface area contributed by atoms with Crippen LogP contribution in [0.25, 0.3) is 0 Å². The molecule has 5 heterocycles. The number of aliphatic carboxylic acids is 2. The summed E-state index contributed by atoms with van der Waals surface area (Å²) in [6, 6.07) is 0. The van der Waals surface area contributed by atoms with E-state index in [0.717, 1.165) is 0 Å². The molecule has 0 saturated carbocycles. The predicted octanol–water partition coefficient (Wildman–Crippen LogP) is -11.6. The maximum absolute atomic E-state index is 13.5. The molecule has 0 aromatic carbocycles. The number of carbonyl (C=O) groups is 2. The van der Waals surface area contributed by atoms with E-state index >= 15 is 0 Å². The van der Waals surface area contributed by atoms with Crippen molar-refractivity contribution in [3.05, 3.63) is 0 Å². The van der Waals surface area contributed by atoms with Crippen LogP contribution in [0.2, 0.25) is 0 Å². The van der Waals surface area contributed by atoms with Gasteiger partial charge in [-0.05, 0) is 0 Å². The molecule has 5 aliphatic rings. The average Bonchev–Trinajstić information content (AvgIpc) is 0.752. The van der Waals surface area contributed by atoms with E-state index in [1.54, 1.807) is 0 Å². The van der Waals surface area contributed by atoms with Crippen molar-refractivity contribution in [2.75, 3.05) is 93.9 Å². The van der Waals surface area contributed by atoms with Crippen LogP contribution >= 0.6 is 0 Å². The van der Waals surface area contributed by atoms with Crippen LogP contribution in [-0.4, -0.2) is 412 Å². The second kappa shape index (κ2) is 42.7. The number of ether oxygens (including phenoxy) is 16. The standard InChI is InChI=1S/C41H71NO64S11/c1-80-21-23(95-38-33(105-116(74,75)76)25(99-110(56,57)58)18(15(91-38)12-87-107(47,48)49)86-11-10-85-9-8-84-7-6-83-5-4-42)28(35(43)44)98-41(31(21)103-114(68,69)70)94-20-17(14-89-109(53,54)55)92-39(34(106-117(77,78)79)27(20)101-112(62,63)64)96-24-22(81-2)30(102-113(65,66)67)40(97-29(24)36(45)46)93-19-16(13-88-108(50,51)52)90-37(82-3)32(104-115(71,72)73)26(19)100-111(59,60)61/h15-34,37-41H,4-14,42H2,1-3H3,(H,43,44)(H,45,46)(H,47,48,49)(H,50,51,52)(H,53,54,55)(H,56,57,58)(H,59,60,61)(H,62,63,64)(H,65,66,67)(H,68,69,70)(H,71,72,73)(H,74,75,76)(H,77,78,79)/t15-,16-,17-,18-,19-,20-,21+,22+,23+,24+,25+,26+,27+,28+,29-,30-,31-,32-,33-,34-,37+,38-,39-,40-,41-/m1/s1. The minimum Gasteiger partial charge on any atom is -0.479 e. The number of carboxylic acids is 2. The van der Waals surface area contributed by atoms with Crippen molar-refractivity contribution < 1.29 is 284 Å². The SMILES string of the molecule is CO[C@H]1O[C@H](COS(=O)(=O)O)[C@@H](O[C@@H]2O[C@@H](C(=O)O)[C@@H](O[C@H]3O[C@H](COS(=O)(=O)O)[C@@H](O[C@@H]4O[C@H](C(=O)O)[C@@H](O[C@H]5O[C@H](COS(=O)(=O)O)[C@@H](OCCOCCOCCOCCN)[C@H](OS(=O)(=O)O)[C@H]5OS(=O)(=O)O)[C@H](OC)[C@H]4OS(=O)(=O)O)[C@H](OS(=O)(=O)O)[C@H]3OS(=O)(=O)O)[C@H](OC)[C@H]2OS(=O)(=O)O)[C@H](OS(=O)(=O)O)[C@H]1OS(=O)(=O)O. The van der Waals surface area contributed by atoms with Gasteiger partial charge < -0.3 is 91.7 Å². The molecule has 0 unspecified atom stereocenters. The van der Waals surface area contributed by atoms with E-state index in [4.69, 9.17) is 81.5 Å². The summed E-state index contributed by atoms with van der Waals surface area (Å²) in [6.45, 7) is -7.35. The first kappa shape index (κ1) is 104. The summed E-state index contributed by atoms with van der Waals surface area (Å²) in [5.74, 6) is -5.23. The summed E-state index contributed by atoms with van der Waals surface area (Å²) in [5.41, 5.74) is 5.32. The summed E-state index contributed by atoms with van der Waals surface area (Å²) >= 11 is 0. The van der Waals surface area contributed by atoms with Gasteiger partial charge in [-0.3, -0.25) is 50.1 Å². The Bertz CT molecular complexity index is 4610. The van der Waals surface area contributed by atoms with E-state index in [1.807, 2.05) is 0 Å². The van der Waals surface area contributed by atoms with Gasteiger partial charge in [0.25, 0.3) is 0 Å². The number of hydrogen-bond acceptors (Lipinski definition) is 52. The first-order valence-electron chi connectivity index (χ1n) is 30.4. The molecule has 0 aliphatic carbocycles. The highest BCUT2D eigenvalue weighted by Gasteiger charge is 2.64. The van der Waals surface area contributed by atoms with Crippen LogP contribution in [0.3, 0.4) is 0 Å². The lowest BCUT2D eigenvalue weighted by atomic mass is 9.95. The highest BCUT2D eigenvalue weighted by molar-refractivity contribution is 7.83. The lowest BCUT2D eigenvalue weighted by Crippen LogP contribution is -2.70. The topological polar surface area (TPSA) is 948 Å². The van der Waals surface area contributed by atoms with Gasteiger partial charge >= 0.3 is 126 Å². The van der Waals surface area contributed by atoms with Crippen molar-refractivity contribution in [1.29, 1.82) is 0 Å². The normalized spacial score (nSPS) is 33.1. The Morgan fingerprint density at radius 2 is 0.504 bits per heavy atom. The van der Waals surface area contributed by atoms with Crippen molar-refractivity contribution >= 4 is 126 Å². The number of rotatable bonds is 50. The first-order valence-corrected chi connectivity index (χ1v) is 45.4. The maximum Gasteiger partial charge on any atom is 0.397 e. The Balaban J connectivity index is 1.71. The molecule has 5 saturated heterocycles. The highest BCUT2D eigenvalue weighted by Crippen LogP contribution is 2.42. The summed E-state index contributed by atoms with van der Waals surface area (Å²) < 4.78 is 519. The molecular formula is C41H71NO64S11. The zero-order valence-corrected chi connectivity index (χ0v) is 66.9. The zero-order valence-electron chi connectivity index (χ0n) is 57.9. The predicted molar refractivity (Wildman–Crippen MR) is 342 cm³/mol. The highest BCUT2D eigenvalue weighted by atomic mass is 32.3. The number of methoxy groups -OCH3 is 3. The second-order valence-corrected chi connectivity index (χ2v) is 34.4. The van der Waals surface area contributed by atoms with Gasteiger partial charge in [0.05, 0.1) is 66.1 Å². The van der Waals surface area contributed by atoms with Crippen molar-refractivity contribution in [3.63, 3.8) is 0 Å². The van der Waals surface area contributed by atoms with Gasteiger partial charge in [-0.2, -0.15) is 92.6 Å². The molecule has 0 aromatic heterocycles. The van der Waals surface area contributed by atoms with Crippen molar-refractivity contribution in [3.8, 4) is 0 Å². The Morgan fingerprint density at radius 1 is 0.274 bits per heavy atom. The summed E-state index contributed by atoms with van der Waals surface area (Å²) in [6.07, 6.45) is -79.1. The first-order chi connectivity index (χ1) is 53.3. The van der Waals surface area contributed by atoms with Gasteiger partial charge in [0.2, 0.25) is 0 Å². The van der Waals surface area contributed by atoms with Crippen molar-refractivity contribution in [2.24, 2.45) is 5.73 Å². The third-order valence-electron chi connectivity index (χ3n) is 14.7. The summed E-state index contributed by atoms with van der Waals surface area (Å²) in [7, 11) is -67.0. The van der Waals surface area contributed by atoms with Crippen LogP contribution in [0.1, 0.15) is 0 Å². The Hall–Kier alpha value is -3.17. The number of carboxylic acid groups (broad SMARTS) is 2. The summed E-state index contributed by atoms with van der Waals surface area (Å²) in [5, 5.41) is 21.6. The lowest BCUT2D eigenvalue weighted by Gasteiger charge is -2.51. The molecule has 0 aromatic rings. The zero-order chi connectivity index (χ0) is 89.0. The van der Waals surface area contributed by atoms with Crippen LogP contribution in [-0.2, 0) is 246 Å². The van der Waals surface area contributed by atoms with Crippen LogP contribution in [0.5, 0.6) is 0 Å². The molecule has 0 spiro atoms. The Morgan fingerprint density at radius 3 is 0.769 bits per heavy atom. The summed E-state index contributed by atoms with van der Waals surface area (Å²) in [4.78, 5) is 27.0. The fourth-order valence-corrected chi connectivity index (χ4v) is 15.8. The fraction of sp³-hybridized carbons (Fsp3) is 0.951. The molecule has 65 nitrogen and oxygen atoms in total. The molecule has 117 heavy (non-hydrogen) atoms. The molecule has 15 N–H and O–H groups in total. The monoisotopic (exact) mass is 1950 g/mol.